The number of hydrogen-bond acceptors (Lipinski definition) is 6. The van der Waals surface area contributed by atoms with Crippen LogP contribution in [0.5, 0.6) is 5.75 Å². The number of thioether (sulfide) groups is 1. The lowest BCUT2D eigenvalue weighted by atomic mass is 10.1. The van der Waals surface area contributed by atoms with Crippen LogP contribution < -0.4 is 20.6 Å². The third-order valence-electron chi connectivity index (χ3n) is 4.16. The van der Waals surface area contributed by atoms with Crippen LogP contribution in [0.2, 0.25) is 0 Å². The van der Waals surface area contributed by atoms with Crippen LogP contribution in [-0.4, -0.2) is 29.4 Å². The number of hydrogen-bond donors (Lipinski definition) is 1. The molecule has 26 heavy (non-hydrogen) atoms. The van der Waals surface area contributed by atoms with Gasteiger partial charge in [-0.1, -0.05) is 39.8 Å². The highest BCUT2D eigenvalue weighted by atomic mass is 79.9. The summed E-state index contributed by atoms with van der Waals surface area (Å²) < 4.78 is 6.22. The minimum atomic E-state index is -0.443. The summed E-state index contributed by atoms with van der Waals surface area (Å²) in [7, 11) is 1.62. The monoisotopic (exact) mass is 430 g/mol. The van der Waals surface area contributed by atoms with E-state index in [4.69, 9.17) is 9.73 Å². The molecule has 0 aromatic heterocycles. The number of carbonyl (C=O) groups excluding carboxylic acids is 1. The molecule has 8 heteroatoms. The smallest absolute Gasteiger partial charge is 0.276 e. The SMILES string of the molecule is COc1cccc([C@@H]2N=c3ccc(Br)cc3=C3C(=O)NC(SC)=NN32)c1. The standard InChI is InChI=1S/C18H15BrN4O2S/c1-25-12-5-3-4-10(8-12)16-20-14-7-6-11(19)9-13(14)15-17(24)21-18(26-2)22-23(15)16/h3-9,16H,1-2H3,(H,21,22,24)/t16-/m1/s1. The number of amidine groups is 1. The average molecular weight is 431 g/mol. The van der Waals surface area contributed by atoms with E-state index in [0.717, 1.165) is 26.4 Å². The van der Waals surface area contributed by atoms with Crippen molar-refractivity contribution in [1.29, 1.82) is 0 Å². The zero-order valence-electron chi connectivity index (χ0n) is 14.1. The van der Waals surface area contributed by atoms with Crippen molar-refractivity contribution in [2.24, 2.45) is 10.1 Å². The lowest BCUT2D eigenvalue weighted by molar-refractivity contribution is -0.116. The molecule has 2 aliphatic heterocycles. The van der Waals surface area contributed by atoms with Gasteiger partial charge in [0.1, 0.15) is 11.4 Å². The highest BCUT2D eigenvalue weighted by molar-refractivity contribution is 9.10. The molecular weight excluding hydrogens is 416 g/mol. The number of nitrogens with one attached hydrogen (secondary N) is 1. The number of fused-ring (bicyclic) bond motifs is 2. The molecule has 0 unspecified atom stereocenters. The molecule has 1 N–H and O–H groups in total. The van der Waals surface area contributed by atoms with Crippen LogP contribution in [-0.2, 0) is 4.79 Å². The molecule has 6 nitrogen and oxygen atoms in total. The van der Waals surface area contributed by atoms with Crippen molar-refractivity contribution >= 4 is 44.5 Å². The van der Waals surface area contributed by atoms with Crippen LogP contribution in [0.4, 0.5) is 0 Å². The van der Waals surface area contributed by atoms with Gasteiger partial charge in [-0.05, 0) is 36.6 Å². The highest BCUT2D eigenvalue weighted by Gasteiger charge is 2.34. The van der Waals surface area contributed by atoms with Crippen molar-refractivity contribution in [2.75, 3.05) is 13.4 Å². The van der Waals surface area contributed by atoms with Crippen molar-refractivity contribution < 1.29 is 9.53 Å². The lowest BCUT2D eigenvalue weighted by Crippen LogP contribution is -2.50. The van der Waals surface area contributed by atoms with Crippen LogP contribution >= 0.6 is 27.7 Å². The van der Waals surface area contributed by atoms with Crippen LogP contribution in [0.3, 0.4) is 0 Å². The van der Waals surface area contributed by atoms with Gasteiger partial charge in [-0.15, -0.1) is 5.10 Å². The quantitative estimate of drug-likeness (QED) is 0.790. The molecule has 0 saturated carbocycles. The van der Waals surface area contributed by atoms with Crippen molar-refractivity contribution in [3.8, 4) is 5.75 Å². The summed E-state index contributed by atoms with van der Waals surface area (Å²) in [6.45, 7) is 0. The molecule has 1 amide bonds. The van der Waals surface area contributed by atoms with Gasteiger partial charge in [0.2, 0.25) is 0 Å². The second kappa shape index (κ2) is 6.77. The van der Waals surface area contributed by atoms with E-state index in [9.17, 15) is 4.79 Å². The zero-order valence-corrected chi connectivity index (χ0v) is 16.5. The van der Waals surface area contributed by atoms with E-state index in [2.05, 4.69) is 26.3 Å². The number of nitrogens with zero attached hydrogens (tertiary/aromatic N) is 3. The molecule has 0 saturated heterocycles. The maximum Gasteiger partial charge on any atom is 0.276 e. The summed E-state index contributed by atoms with van der Waals surface area (Å²) in [5, 5.41) is 11.2. The Morgan fingerprint density at radius 1 is 1.27 bits per heavy atom. The third-order valence-corrected chi connectivity index (χ3v) is 5.22. The van der Waals surface area contributed by atoms with E-state index in [-0.39, 0.29) is 5.91 Å². The molecule has 2 aliphatic rings. The first-order chi connectivity index (χ1) is 12.6. The van der Waals surface area contributed by atoms with Crippen LogP contribution in [0.25, 0.3) is 5.70 Å². The number of hydrazone groups is 1. The zero-order chi connectivity index (χ0) is 18.3. The number of ether oxygens (including phenoxy) is 1. The van der Waals surface area contributed by atoms with Gasteiger partial charge in [0.25, 0.3) is 5.91 Å². The summed E-state index contributed by atoms with van der Waals surface area (Å²) >= 11 is 4.85. The fraction of sp³-hybridized carbons (Fsp3) is 0.167. The second-order valence-electron chi connectivity index (χ2n) is 5.70. The first-order valence-electron chi connectivity index (χ1n) is 7.85. The summed E-state index contributed by atoms with van der Waals surface area (Å²) in [5.74, 6) is 0.544. The normalized spacial score (nSPS) is 18.3. The number of methoxy groups -OCH3 is 1. The fourth-order valence-electron chi connectivity index (χ4n) is 2.96. The van der Waals surface area contributed by atoms with E-state index in [1.807, 2.05) is 48.7 Å². The van der Waals surface area contributed by atoms with Gasteiger partial charge in [-0.2, -0.15) is 0 Å². The summed E-state index contributed by atoms with van der Waals surface area (Å²) in [4.78, 5) is 17.7. The Bertz CT molecular complexity index is 1050. The van der Waals surface area contributed by atoms with Crippen LogP contribution in [0.1, 0.15) is 11.7 Å². The van der Waals surface area contributed by atoms with E-state index in [1.54, 1.807) is 12.1 Å². The molecule has 2 aromatic rings. The molecule has 0 radical (unpaired) electrons. The number of halogens is 1. The largest absolute Gasteiger partial charge is 0.497 e. The molecule has 0 spiro atoms. The molecule has 1 atom stereocenters. The summed E-state index contributed by atoms with van der Waals surface area (Å²) in [6, 6.07) is 13.4. The minimum absolute atomic E-state index is 0.188. The van der Waals surface area contributed by atoms with Crippen LogP contribution in [0.15, 0.2) is 57.0 Å². The Labute approximate surface area is 162 Å². The van der Waals surface area contributed by atoms with E-state index < -0.39 is 6.17 Å². The second-order valence-corrected chi connectivity index (χ2v) is 7.41. The molecule has 132 valence electrons. The number of amides is 1. The Morgan fingerprint density at radius 3 is 2.88 bits per heavy atom. The average Bonchev–Trinajstić information content (AvgIpc) is 2.67. The van der Waals surface area contributed by atoms with Crippen molar-refractivity contribution in [1.82, 2.24) is 10.3 Å². The molecule has 0 fully saturated rings. The molecule has 2 heterocycles. The van der Waals surface area contributed by atoms with E-state index in [1.165, 1.54) is 11.8 Å². The minimum Gasteiger partial charge on any atom is -0.497 e. The Hall–Kier alpha value is -2.32. The first-order valence-corrected chi connectivity index (χ1v) is 9.87. The van der Waals surface area contributed by atoms with Gasteiger partial charge in [0.15, 0.2) is 11.3 Å². The van der Waals surface area contributed by atoms with Gasteiger partial charge in [0.05, 0.1) is 12.5 Å². The van der Waals surface area contributed by atoms with E-state index >= 15 is 0 Å². The van der Waals surface area contributed by atoms with Gasteiger partial charge >= 0.3 is 0 Å². The maximum absolute atomic E-state index is 12.8. The summed E-state index contributed by atoms with van der Waals surface area (Å²) in [5.41, 5.74) is 1.39. The van der Waals surface area contributed by atoms with Crippen LogP contribution in [0, 0.1) is 0 Å². The Balaban J connectivity index is 1.98. The highest BCUT2D eigenvalue weighted by Crippen LogP contribution is 2.32. The van der Waals surface area contributed by atoms with Gasteiger partial charge in [0, 0.05) is 15.3 Å². The fourth-order valence-corrected chi connectivity index (χ4v) is 3.69. The maximum atomic E-state index is 12.8. The lowest BCUT2D eigenvalue weighted by Gasteiger charge is -2.34. The Kier molecular flexibility index (Phi) is 4.46. The molecule has 0 bridgehead atoms. The van der Waals surface area contributed by atoms with Crippen molar-refractivity contribution in [3.63, 3.8) is 0 Å². The van der Waals surface area contributed by atoms with E-state index in [0.29, 0.717) is 10.9 Å². The molecule has 4 rings (SSSR count). The number of carbonyl (C=O) groups is 1. The third kappa shape index (κ3) is 2.89. The molecule has 2 aromatic carbocycles. The first kappa shape index (κ1) is 17.1. The topological polar surface area (TPSA) is 66.3 Å². The number of rotatable bonds is 2. The molecular formula is C18H15BrN4O2S. The van der Waals surface area contributed by atoms with Gasteiger partial charge < -0.3 is 4.74 Å². The Morgan fingerprint density at radius 2 is 2.12 bits per heavy atom. The van der Waals surface area contributed by atoms with Crippen molar-refractivity contribution in [3.05, 3.63) is 63.1 Å². The summed E-state index contributed by atoms with van der Waals surface area (Å²) in [6.07, 6.45) is 1.43. The van der Waals surface area contributed by atoms with Gasteiger partial charge in [-0.3, -0.25) is 15.1 Å². The number of benzene rings is 2. The predicted octanol–water partition coefficient (Wildman–Crippen LogP) is 1.96. The molecule has 0 aliphatic carbocycles. The predicted molar refractivity (Wildman–Crippen MR) is 105 cm³/mol. The van der Waals surface area contributed by atoms with Gasteiger partial charge in [-0.25, -0.2) is 5.01 Å². The van der Waals surface area contributed by atoms with Crippen molar-refractivity contribution in [2.45, 2.75) is 6.17 Å².